The van der Waals surface area contributed by atoms with Crippen LogP contribution in [-0.2, 0) is 0 Å². The Morgan fingerprint density at radius 2 is 2.41 bits per heavy atom. The van der Waals surface area contributed by atoms with Gasteiger partial charge in [0, 0.05) is 25.2 Å². The minimum Gasteiger partial charge on any atom is -0.481 e. The molecule has 0 saturated carbocycles. The van der Waals surface area contributed by atoms with E-state index in [2.05, 4.69) is 28.2 Å². The molecule has 2 heterocycles. The van der Waals surface area contributed by atoms with Gasteiger partial charge in [0.2, 0.25) is 5.88 Å². The molecule has 1 N–H and O–H groups in total. The first-order chi connectivity index (χ1) is 8.33. The fraction of sp³-hybridized carbons (Fsp3) is 0.615. The molecule has 1 aromatic rings. The molecule has 17 heavy (non-hydrogen) atoms. The number of ether oxygens (including phenoxy) is 1. The summed E-state index contributed by atoms with van der Waals surface area (Å²) in [5.74, 6) is 0.675. The number of methoxy groups -OCH3 is 1. The van der Waals surface area contributed by atoms with Gasteiger partial charge >= 0.3 is 0 Å². The maximum Gasteiger partial charge on any atom is 0.213 e. The summed E-state index contributed by atoms with van der Waals surface area (Å²) in [4.78, 5) is 6.65. The number of hydrogen-bond acceptors (Lipinski definition) is 4. The Labute approximate surface area is 103 Å². The molecular formula is C13H21N3O. The van der Waals surface area contributed by atoms with Crippen LogP contribution in [0.15, 0.2) is 18.3 Å². The summed E-state index contributed by atoms with van der Waals surface area (Å²) in [6.45, 7) is 5.39. The summed E-state index contributed by atoms with van der Waals surface area (Å²) in [6.07, 6.45) is 4.41. The lowest BCUT2D eigenvalue weighted by molar-refractivity contribution is 0.397. The maximum absolute atomic E-state index is 5.07. The summed E-state index contributed by atoms with van der Waals surface area (Å²) in [7, 11) is 1.64. The van der Waals surface area contributed by atoms with Gasteiger partial charge in [0.05, 0.1) is 19.0 Å². The summed E-state index contributed by atoms with van der Waals surface area (Å²) in [5.41, 5.74) is 1.19. The highest BCUT2D eigenvalue weighted by Crippen LogP contribution is 2.20. The zero-order valence-electron chi connectivity index (χ0n) is 10.6. The Bertz CT molecular complexity index is 337. The van der Waals surface area contributed by atoms with Gasteiger partial charge in [-0.3, -0.25) is 0 Å². The molecule has 1 saturated heterocycles. The van der Waals surface area contributed by atoms with Crippen LogP contribution in [0.25, 0.3) is 0 Å². The second-order valence-electron chi connectivity index (χ2n) is 4.40. The van der Waals surface area contributed by atoms with Crippen LogP contribution >= 0.6 is 0 Å². The SMILES string of the molecule is CCNC1CCCN(c2ccc(OC)nc2)C1. The van der Waals surface area contributed by atoms with Gasteiger partial charge in [0.25, 0.3) is 0 Å². The average Bonchev–Trinajstić information content (AvgIpc) is 2.40. The minimum absolute atomic E-state index is 0.607. The van der Waals surface area contributed by atoms with E-state index in [1.807, 2.05) is 12.3 Å². The van der Waals surface area contributed by atoms with Crippen LogP contribution in [0.4, 0.5) is 5.69 Å². The lowest BCUT2D eigenvalue weighted by atomic mass is 10.1. The van der Waals surface area contributed by atoms with Crippen molar-refractivity contribution in [3.8, 4) is 5.88 Å². The van der Waals surface area contributed by atoms with E-state index in [0.717, 1.165) is 19.6 Å². The van der Waals surface area contributed by atoms with Crippen molar-refractivity contribution in [2.45, 2.75) is 25.8 Å². The normalized spacial score (nSPS) is 20.4. The Balaban J connectivity index is 2.00. The quantitative estimate of drug-likeness (QED) is 0.861. The maximum atomic E-state index is 5.07. The minimum atomic E-state index is 0.607. The van der Waals surface area contributed by atoms with Gasteiger partial charge in [-0.25, -0.2) is 4.98 Å². The molecule has 0 amide bonds. The molecule has 0 bridgehead atoms. The zero-order chi connectivity index (χ0) is 12.1. The van der Waals surface area contributed by atoms with Crippen LogP contribution in [0.5, 0.6) is 5.88 Å². The first-order valence-corrected chi connectivity index (χ1v) is 6.32. The largest absolute Gasteiger partial charge is 0.481 e. The van der Waals surface area contributed by atoms with Gasteiger partial charge in [-0.15, -0.1) is 0 Å². The van der Waals surface area contributed by atoms with Crippen molar-refractivity contribution < 1.29 is 4.74 Å². The second kappa shape index (κ2) is 5.87. The number of anilines is 1. The molecule has 0 aromatic carbocycles. The third kappa shape index (κ3) is 3.09. The van der Waals surface area contributed by atoms with Crippen molar-refractivity contribution in [3.05, 3.63) is 18.3 Å². The lowest BCUT2D eigenvalue weighted by Crippen LogP contribution is -2.45. The van der Waals surface area contributed by atoms with E-state index in [0.29, 0.717) is 11.9 Å². The van der Waals surface area contributed by atoms with E-state index in [-0.39, 0.29) is 0 Å². The van der Waals surface area contributed by atoms with Crippen molar-refractivity contribution in [2.24, 2.45) is 0 Å². The number of pyridine rings is 1. The number of aromatic nitrogens is 1. The molecular weight excluding hydrogens is 214 g/mol. The van der Waals surface area contributed by atoms with Crippen LogP contribution in [-0.4, -0.2) is 37.8 Å². The van der Waals surface area contributed by atoms with Gasteiger partial charge in [-0.1, -0.05) is 6.92 Å². The fourth-order valence-corrected chi connectivity index (χ4v) is 2.35. The number of hydrogen-bond donors (Lipinski definition) is 1. The van der Waals surface area contributed by atoms with E-state index >= 15 is 0 Å². The van der Waals surface area contributed by atoms with E-state index in [1.165, 1.54) is 18.5 Å². The number of rotatable bonds is 4. The predicted octanol–water partition coefficient (Wildman–Crippen LogP) is 1.67. The summed E-state index contributed by atoms with van der Waals surface area (Å²) >= 11 is 0. The van der Waals surface area contributed by atoms with Crippen LogP contribution in [0.2, 0.25) is 0 Å². The van der Waals surface area contributed by atoms with Crippen molar-refractivity contribution in [2.75, 3.05) is 31.6 Å². The Hall–Kier alpha value is -1.29. The topological polar surface area (TPSA) is 37.4 Å². The first kappa shape index (κ1) is 12.2. The van der Waals surface area contributed by atoms with Gasteiger partial charge in [0.15, 0.2) is 0 Å². The van der Waals surface area contributed by atoms with Crippen LogP contribution in [0, 0.1) is 0 Å². The van der Waals surface area contributed by atoms with E-state index in [1.54, 1.807) is 7.11 Å². The molecule has 94 valence electrons. The molecule has 0 aliphatic carbocycles. The van der Waals surface area contributed by atoms with Crippen LogP contribution in [0.3, 0.4) is 0 Å². The molecule has 1 aliphatic heterocycles. The molecule has 1 aromatic heterocycles. The Morgan fingerprint density at radius 1 is 1.53 bits per heavy atom. The van der Waals surface area contributed by atoms with Gasteiger partial charge in [-0.2, -0.15) is 0 Å². The highest BCUT2D eigenvalue weighted by atomic mass is 16.5. The fourth-order valence-electron chi connectivity index (χ4n) is 2.35. The van der Waals surface area contributed by atoms with Crippen LogP contribution in [0.1, 0.15) is 19.8 Å². The Kier molecular flexibility index (Phi) is 4.20. The third-order valence-corrected chi connectivity index (χ3v) is 3.21. The molecule has 1 aliphatic rings. The highest BCUT2D eigenvalue weighted by Gasteiger charge is 2.19. The molecule has 1 fully saturated rings. The number of piperidine rings is 1. The molecule has 1 unspecified atom stereocenters. The molecule has 0 spiro atoms. The van der Waals surface area contributed by atoms with Crippen molar-refractivity contribution in [1.29, 1.82) is 0 Å². The number of likely N-dealkylation sites (N-methyl/N-ethyl adjacent to an activating group) is 1. The van der Waals surface area contributed by atoms with Gasteiger partial charge < -0.3 is 15.0 Å². The third-order valence-electron chi connectivity index (χ3n) is 3.21. The van der Waals surface area contributed by atoms with E-state index in [4.69, 9.17) is 4.74 Å². The predicted molar refractivity (Wildman–Crippen MR) is 69.7 cm³/mol. The monoisotopic (exact) mass is 235 g/mol. The first-order valence-electron chi connectivity index (χ1n) is 6.32. The molecule has 1 atom stereocenters. The summed E-state index contributed by atoms with van der Waals surface area (Å²) in [6, 6.07) is 4.61. The standard InChI is InChI=1S/C13H21N3O/c1-3-14-11-5-4-8-16(10-11)12-6-7-13(17-2)15-9-12/h6-7,9,11,14H,3-5,8,10H2,1-2H3. The number of nitrogens with one attached hydrogen (secondary N) is 1. The van der Waals surface area contributed by atoms with E-state index < -0.39 is 0 Å². The van der Waals surface area contributed by atoms with Gasteiger partial charge in [-0.05, 0) is 25.5 Å². The highest BCUT2D eigenvalue weighted by molar-refractivity contribution is 5.46. The Morgan fingerprint density at radius 3 is 3.06 bits per heavy atom. The molecule has 2 rings (SSSR count). The van der Waals surface area contributed by atoms with Crippen molar-refractivity contribution in [3.63, 3.8) is 0 Å². The van der Waals surface area contributed by atoms with Crippen molar-refractivity contribution in [1.82, 2.24) is 10.3 Å². The van der Waals surface area contributed by atoms with E-state index in [9.17, 15) is 0 Å². The van der Waals surface area contributed by atoms with Gasteiger partial charge in [0.1, 0.15) is 0 Å². The molecule has 4 heteroatoms. The molecule has 0 radical (unpaired) electrons. The zero-order valence-corrected chi connectivity index (χ0v) is 10.6. The second-order valence-corrected chi connectivity index (χ2v) is 4.40. The summed E-state index contributed by atoms with van der Waals surface area (Å²) < 4.78 is 5.07. The van der Waals surface area contributed by atoms with Crippen molar-refractivity contribution >= 4 is 5.69 Å². The summed E-state index contributed by atoms with van der Waals surface area (Å²) in [5, 5.41) is 3.52. The lowest BCUT2D eigenvalue weighted by Gasteiger charge is -2.34. The molecule has 4 nitrogen and oxygen atoms in total. The smallest absolute Gasteiger partial charge is 0.213 e. The average molecular weight is 235 g/mol. The number of nitrogens with zero attached hydrogens (tertiary/aromatic N) is 2. The van der Waals surface area contributed by atoms with Crippen LogP contribution < -0.4 is 15.0 Å².